The van der Waals surface area contributed by atoms with Gasteiger partial charge < -0.3 is 20.4 Å². The van der Waals surface area contributed by atoms with E-state index in [0.29, 0.717) is 19.0 Å². The van der Waals surface area contributed by atoms with Crippen LogP contribution in [-0.4, -0.2) is 54.0 Å². The maximum absolute atomic E-state index is 8.03. The maximum atomic E-state index is 8.03. The quantitative estimate of drug-likeness (QED) is 0.436. The number of aromatic nitrogens is 3. The van der Waals surface area contributed by atoms with Crippen LogP contribution in [0.3, 0.4) is 0 Å². The van der Waals surface area contributed by atoms with E-state index in [-0.39, 0.29) is 0 Å². The molecule has 8 heteroatoms. The van der Waals surface area contributed by atoms with Gasteiger partial charge in [-0.2, -0.15) is 5.10 Å². The van der Waals surface area contributed by atoms with Crippen molar-refractivity contribution in [1.82, 2.24) is 15.2 Å². The van der Waals surface area contributed by atoms with Crippen molar-refractivity contribution in [3.05, 3.63) is 48.2 Å². The number of thioether (sulfide) groups is 1. The maximum Gasteiger partial charge on any atom is 0.143 e. The van der Waals surface area contributed by atoms with Gasteiger partial charge in [-0.1, -0.05) is 12.1 Å². The average Bonchev–Trinajstić information content (AvgIpc) is 3.27. The second-order valence-corrected chi connectivity index (χ2v) is 7.24. The number of pyridine rings is 1. The molecule has 4 rings (SSSR count). The van der Waals surface area contributed by atoms with E-state index in [9.17, 15) is 0 Å². The van der Waals surface area contributed by atoms with E-state index in [1.807, 2.05) is 6.07 Å². The van der Waals surface area contributed by atoms with Crippen LogP contribution in [0.25, 0.3) is 11.1 Å². The molecular formula is C20H22N6OS. The number of aromatic amines is 1. The van der Waals surface area contributed by atoms with Gasteiger partial charge in [-0.05, 0) is 35.6 Å². The molecule has 0 saturated carbocycles. The number of nitrogens with one attached hydrogen (secondary N) is 3. The highest BCUT2D eigenvalue weighted by Crippen LogP contribution is 2.33. The van der Waals surface area contributed by atoms with Crippen molar-refractivity contribution in [2.45, 2.75) is 4.90 Å². The monoisotopic (exact) mass is 394 g/mol. The number of H-pyrrole nitrogens is 1. The van der Waals surface area contributed by atoms with Crippen LogP contribution in [0.1, 0.15) is 5.56 Å². The Morgan fingerprint density at radius 1 is 1.21 bits per heavy atom. The number of rotatable bonds is 6. The van der Waals surface area contributed by atoms with Crippen molar-refractivity contribution < 1.29 is 4.74 Å². The van der Waals surface area contributed by atoms with Crippen molar-refractivity contribution in [3.63, 3.8) is 0 Å². The lowest BCUT2D eigenvalue weighted by Gasteiger charge is -2.29. The lowest BCUT2D eigenvalue weighted by Crippen LogP contribution is -2.36. The van der Waals surface area contributed by atoms with Gasteiger partial charge in [-0.3, -0.25) is 5.10 Å². The van der Waals surface area contributed by atoms with Gasteiger partial charge in [0.2, 0.25) is 0 Å². The molecule has 1 aliphatic heterocycles. The second-order valence-electron chi connectivity index (χ2n) is 6.36. The Kier molecular flexibility index (Phi) is 5.59. The SMILES string of the molecule is CSc1ccc(-c2cc(N3CCOCC3)nc(Nc3ccn[nH]3)c2C=N)cc1. The predicted octanol–water partition coefficient (Wildman–Crippen LogP) is 3.77. The van der Waals surface area contributed by atoms with Gasteiger partial charge in [0.1, 0.15) is 17.5 Å². The van der Waals surface area contributed by atoms with Crippen LogP contribution in [0.15, 0.2) is 47.5 Å². The van der Waals surface area contributed by atoms with Gasteiger partial charge in [-0.25, -0.2) is 4.98 Å². The molecule has 2 aromatic heterocycles. The Balaban J connectivity index is 1.82. The number of hydrogen-bond donors (Lipinski definition) is 3. The number of benzene rings is 1. The second kappa shape index (κ2) is 8.45. The van der Waals surface area contributed by atoms with E-state index in [0.717, 1.165) is 41.4 Å². The summed E-state index contributed by atoms with van der Waals surface area (Å²) in [5, 5.41) is 18.2. The molecule has 0 amide bonds. The molecule has 7 nitrogen and oxygen atoms in total. The minimum absolute atomic E-state index is 0.632. The van der Waals surface area contributed by atoms with Gasteiger partial charge in [0, 0.05) is 35.8 Å². The topological polar surface area (TPSA) is 89.9 Å². The van der Waals surface area contributed by atoms with E-state index >= 15 is 0 Å². The Morgan fingerprint density at radius 3 is 2.64 bits per heavy atom. The minimum Gasteiger partial charge on any atom is -0.378 e. The smallest absolute Gasteiger partial charge is 0.143 e. The molecule has 1 aromatic carbocycles. The highest BCUT2D eigenvalue weighted by atomic mass is 32.2. The fraction of sp³-hybridized carbons (Fsp3) is 0.250. The summed E-state index contributed by atoms with van der Waals surface area (Å²) in [5.41, 5.74) is 2.77. The molecule has 3 heterocycles. The molecule has 144 valence electrons. The lowest BCUT2D eigenvalue weighted by molar-refractivity contribution is 0.122. The Labute approximate surface area is 168 Å². The molecule has 1 fully saturated rings. The van der Waals surface area contributed by atoms with Gasteiger partial charge >= 0.3 is 0 Å². The van der Waals surface area contributed by atoms with Crippen LogP contribution in [-0.2, 0) is 4.74 Å². The summed E-state index contributed by atoms with van der Waals surface area (Å²) in [7, 11) is 0. The zero-order valence-corrected chi connectivity index (χ0v) is 16.4. The highest BCUT2D eigenvalue weighted by Gasteiger charge is 2.19. The Bertz CT molecular complexity index is 936. The predicted molar refractivity (Wildman–Crippen MR) is 114 cm³/mol. The molecule has 3 aromatic rings. The summed E-state index contributed by atoms with van der Waals surface area (Å²) in [5.74, 6) is 2.24. The van der Waals surface area contributed by atoms with Crippen molar-refractivity contribution in [3.8, 4) is 11.1 Å². The first-order chi connectivity index (χ1) is 13.8. The van der Waals surface area contributed by atoms with Crippen LogP contribution in [0.2, 0.25) is 0 Å². The molecule has 0 unspecified atom stereocenters. The van der Waals surface area contributed by atoms with Crippen LogP contribution in [0.5, 0.6) is 0 Å². The first-order valence-electron chi connectivity index (χ1n) is 9.07. The summed E-state index contributed by atoms with van der Waals surface area (Å²) in [6.07, 6.45) is 5.10. The molecule has 0 spiro atoms. The number of nitrogens with zero attached hydrogens (tertiary/aromatic N) is 3. The molecule has 1 aliphatic rings. The summed E-state index contributed by atoms with van der Waals surface area (Å²) >= 11 is 1.71. The zero-order valence-electron chi connectivity index (χ0n) is 15.6. The van der Waals surface area contributed by atoms with Crippen molar-refractivity contribution >= 4 is 35.4 Å². The molecule has 0 atom stereocenters. The Morgan fingerprint density at radius 2 is 2.00 bits per heavy atom. The summed E-state index contributed by atoms with van der Waals surface area (Å²) in [4.78, 5) is 8.24. The van der Waals surface area contributed by atoms with Crippen LogP contribution >= 0.6 is 11.8 Å². The normalized spacial score (nSPS) is 14.1. The van der Waals surface area contributed by atoms with Crippen LogP contribution in [0.4, 0.5) is 17.5 Å². The van der Waals surface area contributed by atoms with E-state index in [2.05, 4.69) is 57.0 Å². The van der Waals surface area contributed by atoms with Crippen molar-refractivity contribution in [2.24, 2.45) is 0 Å². The molecule has 0 aliphatic carbocycles. The number of ether oxygens (including phenoxy) is 1. The third-order valence-electron chi connectivity index (χ3n) is 4.68. The zero-order chi connectivity index (χ0) is 19.3. The first-order valence-corrected chi connectivity index (χ1v) is 10.3. The third kappa shape index (κ3) is 3.88. The largest absolute Gasteiger partial charge is 0.378 e. The third-order valence-corrected chi connectivity index (χ3v) is 5.42. The molecule has 0 radical (unpaired) electrons. The van der Waals surface area contributed by atoms with E-state index in [1.165, 1.54) is 11.1 Å². The summed E-state index contributed by atoms with van der Waals surface area (Å²) in [6.45, 7) is 2.97. The molecule has 28 heavy (non-hydrogen) atoms. The van der Waals surface area contributed by atoms with Crippen molar-refractivity contribution in [1.29, 1.82) is 5.41 Å². The van der Waals surface area contributed by atoms with Gasteiger partial charge in [0.15, 0.2) is 0 Å². The van der Waals surface area contributed by atoms with E-state index < -0.39 is 0 Å². The molecule has 0 bridgehead atoms. The van der Waals surface area contributed by atoms with Gasteiger partial charge in [0.25, 0.3) is 0 Å². The molecule has 3 N–H and O–H groups in total. The lowest BCUT2D eigenvalue weighted by atomic mass is 10.0. The van der Waals surface area contributed by atoms with Gasteiger partial charge in [-0.15, -0.1) is 11.8 Å². The number of morpholine rings is 1. The fourth-order valence-corrected chi connectivity index (χ4v) is 3.61. The fourth-order valence-electron chi connectivity index (χ4n) is 3.20. The minimum atomic E-state index is 0.632. The molecule has 1 saturated heterocycles. The Hall–Kier alpha value is -2.84. The van der Waals surface area contributed by atoms with Gasteiger partial charge in [0.05, 0.1) is 19.4 Å². The van der Waals surface area contributed by atoms with Crippen molar-refractivity contribution in [2.75, 3.05) is 42.8 Å². The number of anilines is 3. The average molecular weight is 395 g/mol. The highest BCUT2D eigenvalue weighted by molar-refractivity contribution is 7.98. The van der Waals surface area contributed by atoms with Crippen LogP contribution in [0, 0.1) is 5.41 Å². The standard InChI is InChI=1S/C20H22N6OS/c1-28-15-4-2-14(3-5-15)16-12-19(26-8-10-27-11-9-26)24-20(17(16)13-21)23-18-6-7-22-25-18/h2-7,12-13,21H,8-11H2,1H3,(H2,22,23,24,25). The first kappa shape index (κ1) is 18.5. The van der Waals surface area contributed by atoms with E-state index in [4.69, 9.17) is 15.1 Å². The molecular weight excluding hydrogens is 372 g/mol. The van der Waals surface area contributed by atoms with Crippen LogP contribution < -0.4 is 10.2 Å². The summed E-state index contributed by atoms with van der Waals surface area (Å²) < 4.78 is 5.49. The summed E-state index contributed by atoms with van der Waals surface area (Å²) in [6, 6.07) is 12.3. The number of hydrogen-bond acceptors (Lipinski definition) is 7. The van der Waals surface area contributed by atoms with E-state index in [1.54, 1.807) is 18.0 Å².